The summed E-state index contributed by atoms with van der Waals surface area (Å²) in [4.78, 5) is 23.1. The van der Waals surface area contributed by atoms with Crippen LogP contribution in [0.1, 0.15) is 0 Å². The minimum Gasteiger partial charge on any atom is -0.480 e. The normalized spacial score (nSPS) is 22.5. The minimum absolute atomic E-state index is 0.0505. The predicted molar refractivity (Wildman–Crippen MR) is 44.2 cm³/mol. The van der Waals surface area contributed by atoms with E-state index in [1.165, 1.54) is 4.90 Å². The molecule has 0 saturated carbocycles. The Morgan fingerprint density at radius 1 is 1.62 bits per heavy atom. The van der Waals surface area contributed by atoms with Crippen molar-refractivity contribution in [2.75, 3.05) is 19.8 Å². The van der Waals surface area contributed by atoms with Gasteiger partial charge in [0, 0.05) is 6.54 Å². The molecule has 1 amide bonds. The number of rotatable bonds is 2. The van der Waals surface area contributed by atoms with Gasteiger partial charge in [0.05, 0.1) is 13.2 Å². The highest BCUT2D eigenvalue weighted by atomic mass is 16.5. The number of carbonyl (C=O) groups is 2. The van der Waals surface area contributed by atoms with E-state index in [0.29, 0.717) is 13.2 Å². The van der Waals surface area contributed by atoms with Crippen LogP contribution in [0.3, 0.4) is 0 Å². The fourth-order valence-electron chi connectivity index (χ4n) is 1.19. The second-order valence-electron chi connectivity index (χ2n) is 2.66. The van der Waals surface area contributed by atoms with E-state index in [1.54, 1.807) is 0 Å². The summed E-state index contributed by atoms with van der Waals surface area (Å²) in [6.45, 7) is 4.04. The number of carboxylic acids is 1. The van der Waals surface area contributed by atoms with Gasteiger partial charge in [-0.1, -0.05) is 6.58 Å². The van der Waals surface area contributed by atoms with Crippen molar-refractivity contribution >= 4 is 11.9 Å². The summed E-state index contributed by atoms with van der Waals surface area (Å²) in [5.74, 6) is -1.41. The Balaban J connectivity index is 2.72. The maximum atomic E-state index is 11.2. The number of morpholine rings is 1. The van der Waals surface area contributed by atoms with E-state index in [2.05, 4.69) is 6.58 Å². The summed E-state index contributed by atoms with van der Waals surface area (Å²) in [7, 11) is 0. The molecule has 1 atom stereocenters. The fraction of sp³-hybridized carbons (Fsp3) is 0.500. The van der Waals surface area contributed by atoms with Crippen LogP contribution in [0.15, 0.2) is 12.7 Å². The number of hydrogen-bond acceptors (Lipinski definition) is 3. The molecular formula is C8H11NO4. The van der Waals surface area contributed by atoms with Crippen LogP contribution >= 0.6 is 0 Å². The van der Waals surface area contributed by atoms with Gasteiger partial charge in [-0.05, 0) is 6.08 Å². The van der Waals surface area contributed by atoms with Crippen molar-refractivity contribution in [2.24, 2.45) is 0 Å². The van der Waals surface area contributed by atoms with Crippen molar-refractivity contribution in [1.82, 2.24) is 4.90 Å². The van der Waals surface area contributed by atoms with E-state index in [4.69, 9.17) is 9.84 Å². The molecule has 5 nitrogen and oxygen atoms in total. The first-order valence-corrected chi connectivity index (χ1v) is 3.90. The van der Waals surface area contributed by atoms with Crippen LogP contribution in [0.5, 0.6) is 0 Å². The quantitative estimate of drug-likeness (QED) is 0.588. The highest BCUT2D eigenvalue weighted by molar-refractivity contribution is 5.90. The second-order valence-corrected chi connectivity index (χ2v) is 2.66. The average molecular weight is 185 g/mol. The Labute approximate surface area is 75.6 Å². The number of amides is 1. The van der Waals surface area contributed by atoms with Gasteiger partial charge in [-0.2, -0.15) is 0 Å². The number of nitrogens with zero attached hydrogens (tertiary/aromatic N) is 1. The van der Waals surface area contributed by atoms with Gasteiger partial charge in [-0.3, -0.25) is 4.79 Å². The summed E-state index contributed by atoms with van der Waals surface area (Å²) < 4.78 is 4.96. The fourth-order valence-corrected chi connectivity index (χ4v) is 1.19. The van der Waals surface area contributed by atoms with E-state index in [1.807, 2.05) is 0 Å². The van der Waals surface area contributed by atoms with Crippen molar-refractivity contribution in [3.05, 3.63) is 12.7 Å². The molecule has 1 fully saturated rings. The van der Waals surface area contributed by atoms with Crippen LogP contribution in [0.25, 0.3) is 0 Å². The zero-order valence-electron chi connectivity index (χ0n) is 7.10. The van der Waals surface area contributed by atoms with Gasteiger partial charge in [0.15, 0.2) is 6.04 Å². The minimum atomic E-state index is -1.05. The van der Waals surface area contributed by atoms with Crippen LogP contribution in [-0.4, -0.2) is 47.7 Å². The van der Waals surface area contributed by atoms with Gasteiger partial charge in [0.2, 0.25) is 5.91 Å². The van der Waals surface area contributed by atoms with Crippen molar-refractivity contribution < 1.29 is 19.4 Å². The van der Waals surface area contributed by atoms with Gasteiger partial charge in [0.1, 0.15) is 0 Å². The largest absolute Gasteiger partial charge is 0.480 e. The molecule has 5 heteroatoms. The lowest BCUT2D eigenvalue weighted by atomic mass is 10.2. The maximum absolute atomic E-state index is 11.2. The molecule has 1 unspecified atom stereocenters. The van der Waals surface area contributed by atoms with E-state index >= 15 is 0 Å². The van der Waals surface area contributed by atoms with E-state index in [9.17, 15) is 9.59 Å². The Bertz CT molecular complexity index is 238. The molecule has 1 heterocycles. The lowest BCUT2D eigenvalue weighted by Crippen LogP contribution is -2.52. The lowest BCUT2D eigenvalue weighted by molar-refractivity contribution is -0.156. The first-order valence-electron chi connectivity index (χ1n) is 3.90. The first-order chi connectivity index (χ1) is 6.16. The molecule has 1 saturated heterocycles. The molecule has 0 aromatic rings. The molecule has 1 N–H and O–H groups in total. The molecule has 0 radical (unpaired) electrons. The summed E-state index contributed by atoms with van der Waals surface area (Å²) in [6.07, 6.45) is 1.11. The third-order valence-electron chi connectivity index (χ3n) is 1.87. The number of aliphatic carboxylic acids is 1. The summed E-state index contributed by atoms with van der Waals surface area (Å²) in [6, 6.07) is -0.876. The zero-order valence-corrected chi connectivity index (χ0v) is 7.10. The van der Waals surface area contributed by atoms with E-state index in [0.717, 1.165) is 6.08 Å². The molecule has 1 aliphatic rings. The van der Waals surface area contributed by atoms with Crippen LogP contribution in [0.4, 0.5) is 0 Å². The highest BCUT2D eigenvalue weighted by Gasteiger charge is 2.31. The van der Waals surface area contributed by atoms with Crippen molar-refractivity contribution in [1.29, 1.82) is 0 Å². The maximum Gasteiger partial charge on any atom is 0.328 e. The Kier molecular flexibility index (Phi) is 3.02. The lowest BCUT2D eigenvalue weighted by Gasteiger charge is -2.31. The highest BCUT2D eigenvalue weighted by Crippen LogP contribution is 2.07. The standard InChI is InChI=1S/C8H11NO4/c1-2-7(10)9-3-4-13-5-6(9)8(11)12/h2,6H,1,3-5H2,(H,11,12). The molecule has 72 valence electrons. The third-order valence-corrected chi connectivity index (χ3v) is 1.87. The number of hydrogen-bond donors (Lipinski definition) is 1. The van der Waals surface area contributed by atoms with Gasteiger partial charge >= 0.3 is 5.97 Å². The Morgan fingerprint density at radius 2 is 2.31 bits per heavy atom. The predicted octanol–water partition coefficient (Wildman–Crippen LogP) is -0.516. The topological polar surface area (TPSA) is 66.8 Å². The Morgan fingerprint density at radius 3 is 2.85 bits per heavy atom. The first kappa shape index (κ1) is 9.73. The molecule has 0 aromatic carbocycles. The second kappa shape index (κ2) is 4.04. The van der Waals surface area contributed by atoms with Crippen molar-refractivity contribution in [3.8, 4) is 0 Å². The average Bonchev–Trinajstić information content (AvgIpc) is 2.16. The monoisotopic (exact) mass is 185 g/mol. The van der Waals surface area contributed by atoms with E-state index < -0.39 is 12.0 Å². The molecule has 0 aromatic heterocycles. The molecular weight excluding hydrogens is 174 g/mol. The van der Waals surface area contributed by atoms with Crippen molar-refractivity contribution in [2.45, 2.75) is 6.04 Å². The van der Waals surface area contributed by atoms with Crippen LogP contribution < -0.4 is 0 Å². The number of ether oxygens (including phenoxy) is 1. The smallest absolute Gasteiger partial charge is 0.328 e. The molecule has 0 spiro atoms. The van der Waals surface area contributed by atoms with E-state index in [-0.39, 0.29) is 12.5 Å². The zero-order chi connectivity index (χ0) is 9.84. The van der Waals surface area contributed by atoms with Crippen LogP contribution in [0.2, 0.25) is 0 Å². The summed E-state index contributed by atoms with van der Waals surface area (Å²) >= 11 is 0. The van der Waals surface area contributed by atoms with Gasteiger partial charge in [-0.25, -0.2) is 4.79 Å². The Hall–Kier alpha value is -1.36. The van der Waals surface area contributed by atoms with Crippen molar-refractivity contribution in [3.63, 3.8) is 0 Å². The third kappa shape index (κ3) is 2.06. The van der Waals surface area contributed by atoms with Gasteiger partial charge in [-0.15, -0.1) is 0 Å². The van der Waals surface area contributed by atoms with Crippen LogP contribution in [0, 0.1) is 0 Å². The number of carboxylic acid groups (broad SMARTS) is 1. The molecule has 13 heavy (non-hydrogen) atoms. The summed E-state index contributed by atoms with van der Waals surface area (Å²) in [5, 5.41) is 8.74. The molecule has 0 bridgehead atoms. The number of carbonyl (C=O) groups excluding carboxylic acids is 1. The van der Waals surface area contributed by atoms with Gasteiger partial charge < -0.3 is 14.7 Å². The molecule has 1 aliphatic heterocycles. The van der Waals surface area contributed by atoms with Crippen LogP contribution in [-0.2, 0) is 14.3 Å². The molecule has 0 aliphatic carbocycles. The molecule has 1 rings (SSSR count). The van der Waals surface area contributed by atoms with Gasteiger partial charge in [0.25, 0.3) is 0 Å². The summed E-state index contributed by atoms with van der Waals surface area (Å²) in [5.41, 5.74) is 0. The SMILES string of the molecule is C=CC(=O)N1CCOCC1C(=O)O.